The highest BCUT2D eigenvalue weighted by atomic mass is 35.5. The van der Waals surface area contributed by atoms with Crippen LogP contribution in [0, 0.1) is 11.6 Å². The molecule has 1 unspecified atom stereocenters. The van der Waals surface area contributed by atoms with Crippen molar-refractivity contribution in [1.82, 2.24) is 9.88 Å². The summed E-state index contributed by atoms with van der Waals surface area (Å²) in [4.78, 5) is 6.40. The number of halogens is 3. The standard InChI is InChI=1S/C25H27ClF2N2O4S/c1-33-13-11-30(12-14-34-2)17-18-3-10-24(29-16-18)25(22-15-20(27)6-9-23(22)28)35(31,32)21-7-4-19(26)5-8-21/h3-10,15-16,25H,11-14,17H2,1-2H3. The second-order valence-corrected chi connectivity index (χ2v) is 10.4. The van der Waals surface area contributed by atoms with Crippen molar-refractivity contribution in [3.05, 3.63) is 94.3 Å². The Morgan fingerprint density at radius 2 is 1.63 bits per heavy atom. The first-order valence-corrected chi connectivity index (χ1v) is 12.8. The first kappa shape index (κ1) is 27.2. The zero-order valence-corrected chi connectivity index (χ0v) is 21.0. The van der Waals surface area contributed by atoms with Gasteiger partial charge < -0.3 is 9.47 Å². The maximum atomic E-state index is 14.8. The number of benzene rings is 2. The Morgan fingerprint density at radius 3 is 2.20 bits per heavy atom. The monoisotopic (exact) mass is 524 g/mol. The van der Waals surface area contributed by atoms with Crippen molar-refractivity contribution in [3.8, 4) is 0 Å². The molecule has 0 saturated carbocycles. The smallest absolute Gasteiger partial charge is 0.191 e. The van der Waals surface area contributed by atoms with Gasteiger partial charge in [0.15, 0.2) is 9.84 Å². The number of rotatable bonds is 12. The highest BCUT2D eigenvalue weighted by Crippen LogP contribution is 2.36. The van der Waals surface area contributed by atoms with Gasteiger partial charge in [0.2, 0.25) is 0 Å². The molecule has 0 bridgehead atoms. The van der Waals surface area contributed by atoms with Gasteiger partial charge in [-0.25, -0.2) is 17.2 Å². The van der Waals surface area contributed by atoms with Gasteiger partial charge in [-0.3, -0.25) is 9.88 Å². The summed E-state index contributed by atoms with van der Waals surface area (Å²) >= 11 is 5.91. The van der Waals surface area contributed by atoms with Crippen LogP contribution in [0.4, 0.5) is 8.78 Å². The third-order valence-corrected chi connectivity index (χ3v) is 7.74. The molecule has 188 valence electrons. The summed E-state index contributed by atoms with van der Waals surface area (Å²) in [6, 6.07) is 11.5. The SMILES string of the molecule is COCCN(CCOC)Cc1ccc(C(c2cc(F)ccc2F)S(=O)(=O)c2ccc(Cl)cc2)nc1. The van der Waals surface area contributed by atoms with Gasteiger partial charge >= 0.3 is 0 Å². The Bertz CT molecular complexity index is 1200. The number of pyridine rings is 1. The molecule has 10 heteroatoms. The fraction of sp³-hybridized carbons (Fsp3) is 0.320. The number of hydrogen-bond acceptors (Lipinski definition) is 6. The first-order valence-electron chi connectivity index (χ1n) is 10.9. The van der Waals surface area contributed by atoms with Gasteiger partial charge in [-0.1, -0.05) is 17.7 Å². The Labute approximate surface area is 209 Å². The first-order chi connectivity index (χ1) is 16.8. The minimum Gasteiger partial charge on any atom is -0.383 e. The van der Waals surface area contributed by atoms with Gasteiger partial charge in [0.25, 0.3) is 0 Å². The molecular formula is C25H27ClF2N2O4S. The van der Waals surface area contributed by atoms with Crippen molar-refractivity contribution < 1.29 is 26.7 Å². The van der Waals surface area contributed by atoms with Crippen LogP contribution in [0.25, 0.3) is 0 Å². The molecule has 0 spiro atoms. The van der Waals surface area contributed by atoms with E-state index < -0.39 is 26.7 Å². The molecule has 1 heterocycles. The van der Waals surface area contributed by atoms with Crippen molar-refractivity contribution in [3.63, 3.8) is 0 Å². The molecular weight excluding hydrogens is 498 g/mol. The largest absolute Gasteiger partial charge is 0.383 e. The van der Waals surface area contributed by atoms with Crippen LogP contribution in [0.15, 0.2) is 65.7 Å². The van der Waals surface area contributed by atoms with Crippen LogP contribution >= 0.6 is 11.6 Å². The van der Waals surface area contributed by atoms with E-state index in [1.54, 1.807) is 26.5 Å². The quantitative estimate of drug-likeness (QED) is 0.343. The van der Waals surface area contributed by atoms with Crippen LogP contribution in [-0.4, -0.2) is 58.8 Å². The van der Waals surface area contributed by atoms with E-state index in [0.717, 1.165) is 23.8 Å². The third-order valence-electron chi connectivity index (χ3n) is 5.44. The molecule has 1 atom stereocenters. The van der Waals surface area contributed by atoms with E-state index in [0.29, 0.717) is 37.9 Å². The number of nitrogens with zero attached hydrogens (tertiary/aromatic N) is 2. The molecule has 0 aliphatic rings. The molecule has 35 heavy (non-hydrogen) atoms. The maximum Gasteiger partial charge on any atom is 0.191 e. The van der Waals surface area contributed by atoms with Gasteiger partial charge in [0.1, 0.15) is 16.9 Å². The second kappa shape index (κ2) is 12.5. The Kier molecular flexibility index (Phi) is 9.71. The van der Waals surface area contributed by atoms with E-state index in [1.807, 2.05) is 0 Å². The molecule has 0 fully saturated rings. The van der Waals surface area contributed by atoms with Crippen LogP contribution < -0.4 is 0 Å². The molecule has 6 nitrogen and oxygen atoms in total. The Hall–Kier alpha value is -2.43. The van der Waals surface area contributed by atoms with Crippen LogP contribution in [0.2, 0.25) is 5.02 Å². The van der Waals surface area contributed by atoms with Crippen molar-refractivity contribution in [2.24, 2.45) is 0 Å². The summed E-state index contributed by atoms with van der Waals surface area (Å²) in [6.45, 7) is 2.95. The van der Waals surface area contributed by atoms with E-state index in [2.05, 4.69) is 9.88 Å². The zero-order chi connectivity index (χ0) is 25.4. The Balaban J connectivity index is 1.99. The van der Waals surface area contributed by atoms with Crippen molar-refractivity contribution >= 4 is 21.4 Å². The number of methoxy groups -OCH3 is 2. The molecule has 0 aliphatic carbocycles. The topological polar surface area (TPSA) is 68.7 Å². The summed E-state index contributed by atoms with van der Waals surface area (Å²) in [7, 11) is -0.949. The van der Waals surface area contributed by atoms with Crippen molar-refractivity contribution in [1.29, 1.82) is 0 Å². The highest BCUT2D eigenvalue weighted by Gasteiger charge is 2.34. The van der Waals surface area contributed by atoms with Gasteiger partial charge in [0, 0.05) is 50.6 Å². The second-order valence-electron chi connectivity index (χ2n) is 7.90. The Morgan fingerprint density at radius 1 is 0.971 bits per heavy atom. The molecule has 2 aromatic carbocycles. The summed E-state index contributed by atoms with van der Waals surface area (Å²) in [5, 5.41) is -1.20. The predicted molar refractivity (Wildman–Crippen MR) is 130 cm³/mol. The molecule has 3 rings (SSSR count). The lowest BCUT2D eigenvalue weighted by Crippen LogP contribution is -2.30. The number of hydrogen-bond donors (Lipinski definition) is 0. The lowest BCUT2D eigenvalue weighted by atomic mass is 10.1. The molecule has 0 saturated heterocycles. The molecule has 0 N–H and O–H groups in total. The molecule has 0 radical (unpaired) electrons. The van der Waals surface area contributed by atoms with Crippen LogP contribution in [0.5, 0.6) is 0 Å². The van der Waals surface area contributed by atoms with E-state index in [1.165, 1.54) is 30.3 Å². The lowest BCUT2D eigenvalue weighted by Gasteiger charge is -2.22. The fourth-order valence-corrected chi connectivity index (χ4v) is 5.50. The highest BCUT2D eigenvalue weighted by molar-refractivity contribution is 7.91. The average Bonchev–Trinajstić information content (AvgIpc) is 2.84. The minimum absolute atomic E-state index is 0.0771. The van der Waals surface area contributed by atoms with Crippen LogP contribution in [0.1, 0.15) is 22.1 Å². The van der Waals surface area contributed by atoms with Gasteiger partial charge in [0.05, 0.1) is 23.8 Å². The van der Waals surface area contributed by atoms with E-state index in [9.17, 15) is 17.2 Å². The number of ether oxygens (including phenoxy) is 2. The van der Waals surface area contributed by atoms with Crippen molar-refractivity contribution in [2.45, 2.75) is 16.7 Å². The van der Waals surface area contributed by atoms with Gasteiger partial charge in [-0.2, -0.15) is 0 Å². The number of sulfone groups is 1. The van der Waals surface area contributed by atoms with Crippen molar-refractivity contribution in [2.75, 3.05) is 40.5 Å². The molecule has 1 aromatic heterocycles. The number of aromatic nitrogens is 1. The van der Waals surface area contributed by atoms with Gasteiger partial charge in [-0.15, -0.1) is 0 Å². The van der Waals surface area contributed by atoms with E-state index in [-0.39, 0.29) is 16.2 Å². The van der Waals surface area contributed by atoms with E-state index >= 15 is 0 Å². The summed E-state index contributed by atoms with van der Waals surface area (Å²) in [5.74, 6) is -1.59. The molecule has 3 aromatic rings. The van der Waals surface area contributed by atoms with Crippen LogP contribution in [0.3, 0.4) is 0 Å². The van der Waals surface area contributed by atoms with Crippen LogP contribution in [-0.2, 0) is 25.9 Å². The third kappa shape index (κ3) is 7.05. The molecule has 0 amide bonds. The molecule has 0 aliphatic heterocycles. The fourth-order valence-electron chi connectivity index (χ4n) is 3.61. The summed E-state index contributed by atoms with van der Waals surface area (Å²) in [5.41, 5.74) is 0.582. The zero-order valence-electron chi connectivity index (χ0n) is 19.5. The summed E-state index contributed by atoms with van der Waals surface area (Å²) in [6.07, 6.45) is 1.55. The van der Waals surface area contributed by atoms with Gasteiger partial charge in [-0.05, 0) is 54.1 Å². The minimum atomic E-state index is -4.19. The van der Waals surface area contributed by atoms with E-state index in [4.69, 9.17) is 21.1 Å². The lowest BCUT2D eigenvalue weighted by molar-refractivity contribution is 0.110. The average molecular weight is 525 g/mol. The normalized spacial score (nSPS) is 12.7. The maximum absolute atomic E-state index is 14.8. The predicted octanol–water partition coefficient (Wildman–Crippen LogP) is 4.67. The summed E-state index contributed by atoms with van der Waals surface area (Å²) < 4.78 is 66.4.